The first-order valence-corrected chi connectivity index (χ1v) is 5.42. The van der Waals surface area contributed by atoms with Crippen molar-refractivity contribution in [3.8, 4) is 0 Å². The summed E-state index contributed by atoms with van der Waals surface area (Å²) < 4.78 is 0. The molecule has 0 aliphatic rings. The molecule has 0 aliphatic carbocycles. The van der Waals surface area contributed by atoms with Crippen LogP contribution in [0.2, 0.25) is 5.15 Å². The number of carbonyl (C=O) groups excluding carboxylic acids is 1. The van der Waals surface area contributed by atoms with Gasteiger partial charge in [-0.3, -0.25) is 4.79 Å². The molecule has 4 nitrogen and oxygen atoms in total. The maximum absolute atomic E-state index is 11.9. The highest BCUT2D eigenvalue weighted by Gasteiger charge is 2.19. The molecule has 1 heterocycles. The first-order chi connectivity index (χ1) is 7.29. The average molecular weight is 242 g/mol. The standard InChI is InChI=1S/C11H16ClN3O/c1-11(2,3)7-15(4)10(16)8-5-6-9(12)14-13-8/h5-6H,7H2,1-4H3. The summed E-state index contributed by atoms with van der Waals surface area (Å²) in [6.07, 6.45) is 0. The smallest absolute Gasteiger partial charge is 0.274 e. The van der Waals surface area contributed by atoms with Gasteiger partial charge in [0.15, 0.2) is 10.8 Å². The lowest BCUT2D eigenvalue weighted by atomic mass is 9.96. The van der Waals surface area contributed by atoms with Gasteiger partial charge < -0.3 is 4.90 Å². The molecule has 5 heteroatoms. The zero-order chi connectivity index (χ0) is 12.3. The fourth-order valence-electron chi connectivity index (χ4n) is 1.41. The van der Waals surface area contributed by atoms with Gasteiger partial charge in [0.1, 0.15) is 0 Å². The summed E-state index contributed by atoms with van der Waals surface area (Å²) in [6, 6.07) is 3.14. The van der Waals surface area contributed by atoms with Crippen molar-refractivity contribution in [2.24, 2.45) is 5.41 Å². The Morgan fingerprint density at radius 1 is 1.38 bits per heavy atom. The van der Waals surface area contributed by atoms with E-state index in [1.165, 1.54) is 0 Å². The van der Waals surface area contributed by atoms with Gasteiger partial charge in [0.05, 0.1) is 0 Å². The zero-order valence-corrected chi connectivity index (χ0v) is 10.7. The van der Waals surface area contributed by atoms with Crippen molar-refractivity contribution >= 4 is 17.5 Å². The van der Waals surface area contributed by atoms with Gasteiger partial charge >= 0.3 is 0 Å². The highest BCUT2D eigenvalue weighted by Crippen LogP contribution is 2.15. The molecule has 1 rings (SSSR count). The summed E-state index contributed by atoms with van der Waals surface area (Å²) in [5, 5.41) is 7.69. The van der Waals surface area contributed by atoms with Crippen molar-refractivity contribution in [2.45, 2.75) is 20.8 Å². The van der Waals surface area contributed by atoms with Gasteiger partial charge in [-0.15, -0.1) is 10.2 Å². The molecule has 0 radical (unpaired) electrons. The second-order valence-electron chi connectivity index (χ2n) is 4.96. The van der Waals surface area contributed by atoms with E-state index >= 15 is 0 Å². The minimum Gasteiger partial charge on any atom is -0.340 e. The van der Waals surface area contributed by atoms with Crippen LogP contribution in [0.4, 0.5) is 0 Å². The summed E-state index contributed by atoms with van der Waals surface area (Å²) in [6.45, 7) is 6.88. The minimum atomic E-state index is -0.140. The lowest BCUT2D eigenvalue weighted by Gasteiger charge is -2.26. The number of hydrogen-bond acceptors (Lipinski definition) is 3. The number of rotatable bonds is 2. The van der Waals surface area contributed by atoms with Crippen LogP contribution in [0, 0.1) is 5.41 Å². The maximum atomic E-state index is 11.9. The number of amides is 1. The minimum absolute atomic E-state index is 0.0598. The van der Waals surface area contributed by atoms with Crippen LogP contribution < -0.4 is 0 Å². The average Bonchev–Trinajstić information content (AvgIpc) is 2.15. The van der Waals surface area contributed by atoms with E-state index in [2.05, 4.69) is 31.0 Å². The van der Waals surface area contributed by atoms with E-state index in [1.54, 1.807) is 24.1 Å². The normalized spacial score (nSPS) is 11.3. The third kappa shape index (κ3) is 3.77. The summed E-state index contributed by atoms with van der Waals surface area (Å²) in [5.41, 5.74) is 0.376. The van der Waals surface area contributed by atoms with Crippen LogP contribution in [-0.4, -0.2) is 34.6 Å². The van der Waals surface area contributed by atoms with E-state index in [4.69, 9.17) is 11.6 Å². The molecule has 0 N–H and O–H groups in total. The van der Waals surface area contributed by atoms with Gasteiger partial charge in [-0.2, -0.15) is 0 Å². The molecule has 1 amide bonds. The van der Waals surface area contributed by atoms with Crippen LogP contribution in [0.5, 0.6) is 0 Å². The van der Waals surface area contributed by atoms with Gasteiger partial charge in [-0.25, -0.2) is 0 Å². The summed E-state index contributed by atoms with van der Waals surface area (Å²) in [7, 11) is 1.75. The topological polar surface area (TPSA) is 46.1 Å². The van der Waals surface area contributed by atoms with E-state index in [0.717, 1.165) is 0 Å². The van der Waals surface area contributed by atoms with Crippen LogP contribution in [0.25, 0.3) is 0 Å². The van der Waals surface area contributed by atoms with Gasteiger partial charge in [0, 0.05) is 13.6 Å². The second-order valence-corrected chi connectivity index (χ2v) is 5.35. The molecule has 0 bridgehead atoms. The van der Waals surface area contributed by atoms with Crippen LogP contribution in [0.1, 0.15) is 31.3 Å². The van der Waals surface area contributed by atoms with Crippen molar-refractivity contribution in [1.29, 1.82) is 0 Å². The summed E-state index contributed by atoms with van der Waals surface area (Å²) in [4.78, 5) is 13.6. The highest BCUT2D eigenvalue weighted by atomic mass is 35.5. The fourth-order valence-corrected chi connectivity index (χ4v) is 1.51. The van der Waals surface area contributed by atoms with Crippen molar-refractivity contribution in [2.75, 3.05) is 13.6 Å². The largest absolute Gasteiger partial charge is 0.340 e. The molecule has 16 heavy (non-hydrogen) atoms. The van der Waals surface area contributed by atoms with E-state index in [-0.39, 0.29) is 16.5 Å². The Morgan fingerprint density at radius 3 is 2.44 bits per heavy atom. The molecule has 0 saturated carbocycles. The van der Waals surface area contributed by atoms with E-state index < -0.39 is 0 Å². The predicted octanol–water partition coefficient (Wildman–Crippen LogP) is 2.25. The molecule has 0 saturated heterocycles. The van der Waals surface area contributed by atoms with Gasteiger partial charge in [-0.1, -0.05) is 32.4 Å². The molecule has 0 spiro atoms. The molecule has 1 aromatic rings. The Bertz CT molecular complexity index is 370. The molecule has 0 atom stereocenters. The lowest BCUT2D eigenvalue weighted by Crippen LogP contribution is -2.35. The monoisotopic (exact) mass is 241 g/mol. The highest BCUT2D eigenvalue weighted by molar-refractivity contribution is 6.29. The van der Waals surface area contributed by atoms with Crippen LogP contribution in [0.15, 0.2) is 12.1 Å². The van der Waals surface area contributed by atoms with Crippen LogP contribution >= 0.6 is 11.6 Å². The molecule has 0 aromatic carbocycles. The molecule has 88 valence electrons. The molecule has 0 aliphatic heterocycles. The summed E-state index contributed by atoms with van der Waals surface area (Å²) >= 11 is 5.60. The molecule has 0 unspecified atom stereocenters. The third-order valence-corrected chi connectivity index (χ3v) is 2.11. The van der Waals surface area contributed by atoms with Gasteiger partial charge in [0.2, 0.25) is 0 Å². The Morgan fingerprint density at radius 2 is 2.00 bits per heavy atom. The van der Waals surface area contributed by atoms with Crippen molar-refractivity contribution in [3.05, 3.63) is 23.0 Å². The molecule has 1 aromatic heterocycles. The Kier molecular flexibility index (Phi) is 3.86. The quantitative estimate of drug-likeness (QED) is 0.798. The molecule has 0 fully saturated rings. The van der Waals surface area contributed by atoms with E-state index in [9.17, 15) is 4.79 Å². The van der Waals surface area contributed by atoms with Crippen molar-refractivity contribution in [3.63, 3.8) is 0 Å². The van der Waals surface area contributed by atoms with Crippen molar-refractivity contribution < 1.29 is 4.79 Å². The predicted molar refractivity (Wildman–Crippen MR) is 63.5 cm³/mol. The fraction of sp³-hybridized carbons (Fsp3) is 0.545. The van der Waals surface area contributed by atoms with Gasteiger partial charge in [-0.05, 0) is 17.5 Å². The lowest BCUT2D eigenvalue weighted by molar-refractivity contribution is 0.0738. The van der Waals surface area contributed by atoms with E-state index in [1.807, 2.05) is 0 Å². The molecular weight excluding hydrogens is 226 g/mol. The number of hydrogen-bond donors (Lipinski definition) is 0. The SMILES string of the molecule is CN(CC(C)(C)C)C(=O)c1ccc(Cl)nn1. The third-order valence-electron chi connectivity index (χ3n) is 1.91. The maximum Gasteiger partial charge on any atom is 0.274 e. The first-order valence-electron chi connectivity index (χ1n) is 5.04. The Balaban J connectivity index is 2.74. The number of nitrogens with zero attached hydrogens (tertiary/aromatic N) is 3. The number of aromatic nitrogens is 2. The molecular formula is C11H16ClN3O. The van der Waals surface area contributed by atoms with Gasteiger partial charge in [0.25, 0.3) is 5.91 Å². The Hall–Kier alpha value is -1.16. The first kappa shape index (κ1) is 12.9. The van der Waals surface area contributed by atoms with Crippen LogP contribution in [-0.2, 0) is 0 Å². The Labute approximate surface area is 101 Å². The second kappa shape index (κ2) is 4.78. The number of halogens is 1. The van der Waals surface area contributed by atoms with Crippen LogP contribution in [0.3, 0.4) is 0 Å². The zero-order valence-electron chi connectivity index (χ0n) is 9.99. The summed E-state index contributed by atoms with van der Waals surface area (Å²) in [5.74, 6) is -0.140. The number of carbonyl (C=O) groups is 1. The van der Waals surface area contributed by atoms with E-state index in [0.29, 0.717) is 12.2 Å². The van der Waals surface area contributed by atoms with Crippen molar-refractivity contribution in [1.82, 2.24) is 15.1 Å².